The number of aryl methyl sites for hydroxylation is 2. The van der Waals surface area contributed by atoms with Crippen LogP contribution in [0.3, 0.4) is 0 Å². The lowest BCUT2D eigenvalue weighted by atomic mass is 10.1. The number of anilines is 1. The van der Waals surface area contributed by atoms with E-state index < -0.39 is 0 Å². The number of halogens is 1. The Kier molecular flexibility index (Phi) is 6.70. The van der Waals surface area contributed by atoms with Gasteiger partial charge in [0.2, 0.25) is 0 Å². The molecule has 5 nitrogen and oxygen atoms in total. The van der Waals surface area contributed by atoms with E-state index in [2.05, 4.69) is 26.2 Å². The third-order valence-corrected chi connectivity index (χ3v) is 5.76. The molecule has 2 aromatic carbocycles. The summed E-state index contributed by atoms with van der Waals surface area (Å²) in [6, 6.07) is 13.4. The van der Waals surface area contributed by atoms with Crippen molar-refractivity contribution in [3.8, 4) is 22.8 Å². The van der Waals surface area contributed by atoms with Crippen LogP contribution in [0.2, 0.25) is 0 Å². The molecule has 0 radical (unpaired) electrons. The van der Waals surface area contributed by atoms with E-state index in [1.54, 1.807) is 0 Å². The van der Waals surface area contributed by atoms with Gasteiger partial charge < -0.3 is 9.47 Å². The van der Waals surface area contributed by atoms with E-state index in [1.165, 1.54) is 11.3 Å². The molecule has 0 fully saturated rings. The number of aromatic nitrogens is 1. The Morgan fingerprint density at radius 1 is 1.11 bits per heavy atom. The summed E-state index contributed by atoms with van der Waals surface area (Å²) >= 11 is 4.89. The fourth-order valence-corrected chi connectivity index (χ4v) is 3.70. The van der Waals surface area contributed by atoms with Crippen LogP contribution in [0.5, 0.6) is 11.5 Å². The van der Waals surface area contributed by atoms with Gasteiger partial charge in [-0.2, -0.15) is 0 Å². The van der Waals surface area contributed by atoms with Crippen molar-refractivity contribution < 1.29 is 14.3 Å². The summed E-state index contributed by atoms with van der Waals surface area (Å²) in [7, 11) is 0. The van der Waals surface area contributed by atoms with E-state index in [0.717, 1.165) is 31.9 Å². The molecule has 1 amide bonds. The van der Waals surface area contributed by atoms with Crippen LogP contribution in [-0.2, 0) is 4.79 Å². The zero-order chi connectivity index (χ0) is 20.1. The van der Waals surface area contributed by atoms with Crippen molar-refractivity contribution in [3.63, 3.8) is 0 Å². The summed E-state index contributed by atoms with van der Waals surface area (Å²) in [5.41, 5.74) is 2.89. The number of carbonyl (C=O) groups is 1. The van der Waals surface area contributed by atoms with Crippen molar-refractivity contribution in [3.05, 3.63) is 57.4 Å². The lowest BCUT2D eigenvalue weighted by molar-refractivity contribution is -0.118. The van der Waals surface area contributed by atoms with Crippen LogP contribution < -0.4 is 14.8 Å². The SMILES string of the molecule is CCOc1ccc(-c2nc(NC(=O)COc3ccc(Br)c(C)c3)sc2C)cc1. The van der Waals surface area contributed by atoms with E-state index in [0.29, 0.717) is 17.5 Å². The topological polar surface area (TPSA) is 60.5 Å². The van der Waals surface area contributed by atoms with Gasteiger partial charge in [-0.1, -0.05) is 15.9 Å². The van der Waals surface area contributed by atoms with E-state index >= 15 is 0 Å². The average molecular weight is 461 g/mol. The third-order valence-electron chi connectivity index (χ3n) is 3.98. The van der Waals surface area contributed by atoms with Gasteiger partial charge in [0.1, 0.15) is 11.5 Å². The molecule has 0 aliphatic rings. The van der Waals surface area contributed by atoms with Crippen LogP contribution in [0.25, 0.3) is 11.3 Å². The highest BCUT2D eigenvalue weighted by atomic mass is 79.9. The molecule has 146 valence electrons. The molecular weight excluding hydrogens is 440 g/mol. The molecule has 3 aromatic rings. The number of rotatable bonds is 7. The predicted molar refractivity (Wildman–Crippen MR) is 116 cm³/mol. The first kappa shape index (κ1) is 20.4. The van der Waals surface area contributed by atoms with Crippen LogP contribution in [0, 0.1) is 13.8 Å². The Balaban J connectivity index is 1.62. The Bertz CT molecular complexity index is 970. The molecular formula is C21H21BrN2O3S. The third kappa shape index (κ3) is 5.11. The van der Waals surface area contributed by atoms with E-state index in [1.807, 2.05) is 63.2 Å². The zero-order valence-electron chi connectivity index (χ0n) is 15.9. The van der Waals surface area contributed by atoms with Crippen molar-refractivity contribution in [2.45, 2.75) is 20.8 Å². The standard InChI is InChI=1S/C21H21BrN2O3S/c1-4-26-16-7-5-15(6-8-16)20-14(3)28-21(24-20)23-19(25)12-27-17-9-10-18(22)13(2)11-17/h5-11H,4,12H2,1-3H3,(H,23,24,25). The largest absolute Gasteiger partial charge is 0.494 e. The molecule has 3 rings (SSSR count). The van der Waals surface area contributed by atoms with Gasteiger partial charge in [0.25, 0.3) is 5.91 Å². The Hall–Kier alpha value is -2.38. The maximum absolute atomic E-state index is 12.2. The highest BCUT2D eigenvalue weighted by Gasteiger charge is 2.13. The molecule has 0 spiro atoms. The fourth-order valence-electron chi connectivity index (χ4n) is 2.60. The smallest absolute Gasteiger partial charge is 0.264 e. The molecule has 7 heteroatoms. The normalized spacial score (nSPS) is 10.6. The van der Waals surface area contributed by atoms with Crippen LogP contribution >= 0.6 is 27.3 Å². The number of nitrogens with one attached hydrogen (secondary N) is 1. The number of thiazole rings is 1. The number of carbonyl (C=O) groups excluding carboxylic acids is 1. The maximum Gasteiger partial charge on any atom is 0.264 e. The van der Waals surface area contributed by atoms with E-state index in [4.69, 9.17) is 9.47 Å². The molecule has 0 bridgehead atoms. The van der Waals surface area contributed by atoms with Gasteiger partial charge in [-0.15, -0.1) is 11.3 Å². The zero-order valence-corrected chi connectivity index (χ0v) is 18.3. The second-order valence-corrected chi connectivity index (χ2v) is 8.19. The molecule has 0 unspecified atom stereocenters. The minimum absolute atomic E-state index is 0.0713. The second kappa shape index (κ2) is 9.21. The van der Waals surface area contributed by atoms with Crippen molar-refractivity contribution in [1.29, 1.82) is 0 Å². The molecule has 0 saturated carbocycles. The van der Waals surface area contributed by atoms with Crippen molar-refractivity contribution in [2.24, 2.45) is 0 Å². The first-order valence-corrected chi connectivity index (χ1v) is 10.5. The summed E-state index contributed by atoms with van der Waals surface area (Å²) in [5.74, 6) is 1.24. The Morgan fingerprint density at radius 2 is 1.82 bits per heavy atom. The molecule has 1 aromatic heterocycles. The quantitative estimate of drug-likeness (QED) is 0.497. The average Bonchev–Trinajstić information content (AvgIpc) is 3.03. The molecule has 1 heterocycles. The van der Waals surface area contributed by atoms with Crippen molar-refractivity contribution >= 4 is 38.3 Å². The van der Waals surface area contributed by atoms with Crippen LogP contribution in [0.4, 0.5) is 5.13 Å². The first-order chi connectivity index (χ1) is 13.5. The second-order valence-electron chi connectivity index (χ2n) is 6.13. The monoisotopic (exact) mass is 460 g/mol. The maximum atomic E-state index is 12.2. The minimum atomic E-state index is -0.243. The van der Waals surface area contributed by atoms with Gasteiger partial charge in [0.05, 0.1) is 12.3 Å². The lowest BCUT2D eigenvalue weighted by Crippen LogP contribution is -2.20. The summed E-state index contributed by atoms with van der Waals surface area (Å²) < 4.78 is 12.0. The van der Waals surface area contributed by atoms with Gasteiger partial charge >= 0.3 is 0 Å². The molecule has 0 aliphatic heterocycles. The van der Waals surface area contributed by atoms with Crippen molar-refractivity contribution in [1.82, 2.24) is 4.98 Å². The van der Waals surface area contributed by atoms with Gasteiger partial charge in [-0.05, 0) is 68.8 Å². The van der Waals surface area contributed by atoms with Crippen LogP contribution in [0.15, 0.2) is 46.9 Å². The highest BCUT2D eigenvalue weighted by molar-refractivity contribution is 9.10. The minimum Gasteiger partial charge on any atom is -0.494 e. The van der Waals surface area contributed by atoms with Crippen LogP contribution in [0.1, 0.15) is 17.4 Å². The van der Waals surface area contributed by atoms with E-state index in [9.17, 15) is 4.79 Å². The molecule has 0 atom stereocenters. The summed E-state index contributed by atoms with van der Waals surface area (Å²) in [6.07, 6.45) is 0. The first-order valence-electron chi connectivity index (χ1n) is 8.85. The van der Waals surface area contributed by atoms with Gasteiger partial charge in [-0.3, -0.25) is 10.1 Å². The van der Waals surface area contributed by atoms with Gasteiger partial charge in [0.15, 0.2) is 11.7 Å². The molecule has 0 aliphatic carbocycles. The fraction of sp³-hybridized carbons (Fsp3) is 0.238. The molecule has 28 heavy (non-hydrogen) atoms. The van der Waals surface area contributed by atoms with Gasteiger partial charge in [0, 0.05) is 14.9 Å². The van der Waals surface area contributed by atoms with Crippen LogP contribution in [-0.4, -0.2) is 24.1 Å². The highest BCUT2D eigenvalue weighted by Crippen LogP contribution is 2.31. The van der Waals surface area contributed by atoms with Crippen molar-refractivity contribution in [2.75, 3.05) is 18.5 Å². The number of benzene rings is 2. The molecule has 1 N–H and O–H groups in total. The number of nitrogens with zero attached hydrogens (tertiary/aromatic N) is 1. The number of ether oxygens (including phenoxy) is 2. The Labute approximate surface area is 176 Å². The Morgan fingerprint density at radius 3 is 2.50 bits per heavy atom. The predicted octanol–water partition coefficient (Wildman–Crippen LogP) is 5.61. The van der Waals surface area contributed by atoms with E-state index in [-0.39, 0.29) is 12.5 Å². The number of hydrogen-bond acceptors (Lipinski definition) is 5. The summed E-state index contributed by atoms with van der Waals surface area (Å²) in [4.78, 5) is 17.8. The molecule has 0 saturated heterocycles. The summed E-state index contributed by atoms with van der Waals surface area (Å²) in [5, 5.41) is 3.37. The number of amides is 1. The lowest BCUT2D eigenvalue weighted by Gasteiger charge is -2.07. The summed E-state index contributed by atoms with van der Waals surface area (Å²) in [6.45, 7) is 6.47. The number of hydrogen-bond donors (Lipinski definition) is 1. The van der Waals surface area contributed by atoms with Gasteiger partial charge in [-0.25, -0.2) is 4.98 Å².